The number of pyridine rings is 1. The molecule has 0 radical (unpaired) electrons. The van der Waals surface area contributed by atoms with Crippen molar-refractivity contribution in [3.8, 4) is 11.6 Å². The first-order valence-corrected chi connectivity index (χ1v) is 13.7. The van der Waals surface area contributed by atoms with Crippen molar-refractivity contribution in [2.75, 3.05) is 12.4 Å². The van der Waals surface area contributed by atoms with Crippen LogP contribution in [0.15, 0.2) is 52.2 Å². The fraction of sp³-hybridized carbons (Fsp3) is 0.483. The molecule has 214 valence electrons. The average molecular weight is 554 g/mol. The third-order valence-electron chi connectivity index (χ3n) is 7.84. The van der Waals surface area contributed by atoms with Crippen molar-refractivity contribution in [3.05, 3.63) is 69.4 Å². The summed E-state index contributed by atoms with van der Waals surface area (Å²) in [5, 5.41) is 3.10. The molecule has 0 aliphatic heterocycles. The normalized spacial score (nSPS) is 18.5. The van der Waals surface area contributed by atoms with Crippen molar-refractivity contribution in [1.82, 2.24) is 19.1 Å². The van der Waals surface area contributed by atoms with Crippen molar-refractivity contribution < 1.29 is 18.7 Å². The Balaban J connectivity index is 1.64. The molecule has 10 nitrogen and oxygen atoms in total. The van der Waals surface area contributed by atoms with Crippen molar-refractivity contribution in [2.24, 2.45) is 17.8 Å². The highest BCUT2D eigenvalue weighted by molar-refractivity contribution is 5.72. The Labute approximate surface area is 232 Å². The Kier molecular flexibility index (Phi) is 9.34. The van der Waals surface area contributed by atoms with Crippen LogP contribution in [0.5, 0.6) is 11.6 Å². The zero-order valence-corrected chi connectivity index (χ0v) is 23.3. The van der Waals surface area contributed by atoms with Gasteiger partial charge in [-0.05, 0) is 74.9 Å². The minimum absolute atomic E-state index is 0.117. The van der Waals surface area contributed by atoms with E-state index in [1.807, 2.05) is 0 Å². The van der Waals surface area contributed by atoms with Gasteiger partial charge in [0.25, 0.3) is 5.88 Å². The number of methoxy groups -OCH3 is 1. The number of carbonyl (C=O) groups excluding carboxylic acids is 1. The molecule has 4 rings (SSSR count). The SMILES string of the molecule is CCC1CCC(Cn2c(Nc3ccc(Oc4ncccc4F)cc3)nc(=O)n([C@@H](C)[C@@H](C)C(=O)OC)c2=O)CC1. The summed E-state index contributed by atoms with van der Waals surface area (Å²) >= 11 is 0. The quantitative estimate of drug-likeness (QED) is 0.346. The number of carbonyl (C=O) groups is 1. The van der Waals surface area contributed by atoms with Gasteiger partial charge in [0.05, 0.1) is 19.1 Å². The molecule has 1 aliphatic rings. The van der Waals surface area contributed by atoms with E-state index in [2.05, 4.69) is 22.2 Å². The van der Waals surface area contributed by atoms with Gasteiger partial charge in [-0.25, -0.2) is 23.5 Å². The number of halogens is 1. The molecule has 0 amide bonds. The topological polar surface area (TPSA) is 117 Å². The summed E-state index contributed by atoms with van der Waals surface area (Å²) in [7, 11) is 1.27. The maximum atomic E-state index is 13.9. The molecule has 1 N–H and O–H groups in total. The molecule has 11 heteroatoms. The lowest BCUT2D eigenvalue weighted by atomic mass is 9.81. The minimum atomic E-state index is -0.757. The van der Waals surface area contributed by atoms with Crippen LogP contribution in [0.4, 0.5) is 16.0 Å². The Morgan fingerprint density at radius 2 is 1.77 bits per heavy atom. The molecule has 3 aromatic rings. The molecule has 1 aliphatic carbocycles. The van der Waals surface area contributed by atoms with Gasteiger partial charge in [0.2, 0.25) is 5.95 Å². The molecule has 2 atom stereocenters. The molecule has 0 bridgehead atoms. The van der Waals surface area contributed by atoms with Gasteiger partial charge >= 0.3 is 17.3 Å². The predicted molar refractivity (Wildman–Crippen MR) is 148 cm³/mol. The van der Waals surface area contributed by atoms with Gasteiger partial charge < -0.3 is 14.8 Å². The van der Waals surface area contributed by atoms with Crippen molar-refractivity contribution in [3.63, 3.8) is 0 Å². The number of hydrogen-bond donors (Lipinski definition) is 1. The number of nitrogens with zero attached hydrogens (tertiary/aromatic N) is 4. The van der Waals surface area contributed by atoms with E-state index >= 15 is 0 Å². The van der Waals surface area contributed by atoms with E-state index in [1.54, 1.807) is 38.1 Å². The van der Waals surface area contributed by atoms with Crippen LogP contribution in [0.2, 0.25) is 0 Å². The molecule has 0 spiro atoms. The molecule has 0 unspecified atom stereocenters. The van der Waals surface area contributed by atoms with Crippen molar-refractivity contribution >= 4 is 17.6 Å². The maximum Gasteiger partial charge on any atom is 0.355 e. The van der Waals surface area contributed by atoms with Crippen LogP contribution >= 0.6 is 0 Å². The fourth-order valence-corrected chi connectivity index (χ4v) is 5.10. The number of nitrogens with one attached hydrogen (secondary N) is 1. The second kappa shape index (κ2) is 12.9. The third-order valence-corrected chi connectivity index (χ3v) is 7.84. The van der Waals surface area contributed by atoms with Crippen LogP contribution in [0, 0.1) is 23.6 Å². The zero-order chi connectivity index (χ0) is 28.8. The number of benzene rings is 1. The number of rotatable bonds is 10. The zero-order valence-electron chi connectivity index (χ0n) is 23.3. The smallest absolute Gasteiger partial charge is 0.355 e. The molecule has 1 fully saturated rings. The Bertz CT molecular complexity index is 1430. The van der Waals surface area contributed by atoms with Crippen LogP contribution in [0.25, 0.3) is 0 Å². The lowest BCUT2D eigenvalue weighted by Crippen LogP contribution is -2.47. The summed E-state index contributed by atoms with van der Waals surface area (Å²) in [4.78, 5) is 47.2. The van der Waals surface area contributed by atoms with Crippen LogP contribution < -0.4 is 21.4 Å². The fourth-order valence-electron chi connectivity index (χ4n) is 5.10. The lowest BCUT2D eigenvalue weighted by molar-refractivity contribution is -0.146. The van der Waals surface area contributed by atoms with E-state index in [4.69, 9.17) is 9.47 Å². The summed E-state index contributed by atoms with van der Waals surface area (Å²) in [6.07, 6.45) is 6.73. The van der Waals surface area contributed by atoms with E-state index in [0.717, 1.165) is 36.7 Å². The summed E-state index contributed by atoms with van der Waals surface area (Å²) in [5.74, 6) is -0.532. The van der Waals surface area contributed by atoms with Crippen LogP contribution in [0.1, 0.15) is 58.9 Å². The highest BCUT2D eigenvalue weighted by Gasteiger charge is 2.28. The molecular weight excluding hydrogens is 517 g/mol. The second-order valence-electron chi connectivity index (χ2n) is 10.4. The van der Waals surface area contributed by atoms with Crippen LogP contribution in [-0.4, -0.2) is 32.2 Å². The van der Waals surface area contributed by atoms with E-state index in [1.165, 1.54) is 30.0 Å². The van der Waals surface area contributed by atoms with Crippen LogP contribution in [0.3, 0.4) is 0 Å². The molecule has 0 saturated heterocycles. The van der Waals surface area contributed by atoms with Gasteiger partial charge in [-0.1, -0.05) is 26.2 Å². The van der Waals surface area contributed by atoms with E-state index in [-0.39, 0.29) is 17.7 Å². The molecular formula is C29H36FN5O5. The Morgan fingerprint density at radius 3 is 2.40 bits per heavy atom. The summed E-state index contributed by atoms with van der Waals surface area (Å²) in [5.41, 5.74) is -0.737. The summed E-state index contributed by atoms with van der Waals surface area (Å²) in [6.45, 7) is 5.85. The Morgan fingerprint density at radius 1 is 1.10 bits per heavy atom. The lowest BCUT2D eigenvalue weighted by Gasteiger charge is -2.29. The molecule has 1 saturated carbocycles. The van der Waals surface area contributed by atoms with Gasteiger partial charge in [0, 0.05) is 18.4 Å². The third kappa shape index (κ3) is 6.57. The largest absolute Gasteiger partial charge is 0.469 e. The van der Waals surface area contributed by atoms with Gasteiger partial charge in [-0.2, -0.15) is 4.98 Å². The number of anilines is 2. The van der Waals surface area contributed by atoms with Crippen LogP contribution in [-0.2, 0) is 16.1 Å². The summed E-state index contributed by atoms with van der Waals surface area (Å²) < 4.78 is 26.8. The standard InChI is InChI=1S/C29H36FN5O5/c1-5-20-8-10-21(11-9-20)17-34-27(33-28(37)35(29(34)38)19(3)18(2)26(36)39-4)32-22-12-14-23(15-13-22)40-25-24(30)7-6-16-31-25/h6-7,12-16,18-21H,5,8-11,17H2,1-4H3,(H,32,33,37)/t18-,19+,20?,21?/m1/s1. The summed E-state index contributed by atoms with van der Waals surface area (Å²) in [6, 6.07) is 8.56. The van der Waals surface area contributed by atoms with E-state index < -0.39 is 35.1 Å². The molecule has 1 aromatic carbocycles. The first-order chi connectivity index (χ1) is 19.2. The second-order valence-corrected chi connectivity index (χ2v) is 10.4. The number of hydrogen-bond acceptors (Lipinski definition) is 8. The van der Waals surface area contributed by atoms with Crippen molar-refractivity contribution in [2.45, 2.75) is 65.5 Å². The number of esters is 1. The molecule has 40 heavy (non-hydrogen) atoms. The van der Waals surface area contributed by atoms with Gasteiger partial charge in [0.1, 0.15) is 5.75 Å². The first-order valence-electron chi connectivity index (χ1n) is 13.7. The predicted octanol–water partition coefficient (Wildman–Crippen LogP) is 5.06. The van der Waals surface area contributed by atoms with Crippen molar-refractivity contribution in [1.29, 1.82) is 0 Å². The molecule has 2 heterocycles. The average Bonchev–Trinajstić information content (AvgIpc) is 2.96. The number of ether oxygens (including phenoxy) is 2. The maximum absolute atomic E-state index is 13.9. The van der Waals surface area contributed by atoms with Gasteiger partial charge in [0.15, 0.2) is 5.82 Å². The molecule has 2 aromatic heterocycles. The first kappa shape index (κ1) is 29.0. The number of aromatic nitrogens is 4. The minimum Gasteiger partial charge on any atom is -0.469 e. The highest BCUT2D eigenvalue weighted by atomic mass is 19.1. The van der Waals surface area contributed by atoms with Gasteiger partial charge in [-0.3, -0.25) is 9.36 Å². The Hall–Kier alpha value is -4.02. The highest BCUT2D eigenvalue weighted by Crippen LogP contribution is 2.32. The van der Waals surface area contributed by atoms with E-state index in [9.17, 15) is 18.8 Å². The van der Waals surface area contributed by atoms with E-state index in [0.29, 0.717) is 23.9 Å². The monoisotopic (exact) mass is 553 g/mol. The van der Waals surface area contributed by atoms with Gasteiger partial charge in [-0.15, -0.1) is 0 Å².